The van der Waals surface area contributed by atoms with Crippen molar-refractivity contribution in [3.8, 4) is 0 Å². The topological polar surface area (TPSA) is 44.4 Å². The van der Waals surface area contributed by atoms with E-state index in [0.717, 1.165) is 25.9 Å². The quantitative estimate of drug-likeness (QED) is 0.495. The first-order valence-electron chi connectivity index (χ1n) is 4.45. The van der Waals surface area contributed by atoms with Crippen LogP contribution in [0.2, 0.25) is 0 Å². The van der Waals surface area contributed by atoms with E-state index in [0.29, 0.717) is 6.54 Å². The molecule has 2 heterocycles. The van der Waals surface area contributed by atoms with E-state index in [9.17, 15) is 4.79 Å². The van der Waals surface area contributed by atoms with E-state index < -0.39 is 0 Å². The molecule has 1 amide bonds. The van der Waals surface area contributed by atoms with Crippen molar-refractivity contribution in [3.63, 3.8) is 0 Å². The van der Waals surface area contributed by atoms with Crippen LogP contribution in [0.15, 0.2) is 0 Å². The normalized spacial score (nSPS) is 29.2. The SMILES string of the molecule is CN1CCC2(CC1)NCC(=O)N2. The van der Waals surface area contributed by atoms with Crippen LogP contribution in [0.25, 0.3) is 0 Å². The highest BCUT2D eigenvalue weighted by Crippen LogP contribution is 2.20. The maximum atomic E-state index is 11.0. The molecule has 1 spiro atoms. The molecule has 2 rings (SSSR count). The molecule has 0 aromatic heterocycles. The molecule has 68 valence electrons. The van der Waals surface area contributed by atoms with Gasteiger partial charge in [0.05, 0.1) is 12.2 Å². The summed E-state index contributed by atoms with van der Waals surface area (Å²) in [7, 11) is 2.11. The first-order chi connectivity index (χ1) is 5.70. The van der Waals surface area contributed by atoms with Gasteiger partial charge in [0.25, 0.3) is 0 Å². The van der Waals surface area contributed by atoms with E-state index in [1.807, 2.05) is 0 Å². The lowest BCUT2D eigenvalue weighted by atomic mass is 9.98. The zero-order valence-corrected chi connectivity index (χ0v) is 7.39. The summed E-state index contributed by atoms with van der Waals surface area (Å²) in [4.78, 5) is 13.3. The molecule has 12 heavy (non-hydrogen) atoms. The van der Waals surface area contributed by atoms with Crippen LogP contribution in [-0.4, -0.2) is 43.2 Å². The molecule has 0 bridgehead atoms. The standard InChI is InChI=1S/C8H15N3O/c1-11-4-2-8(3-5-11)9-6-7(12)10-8/h9H,2-6H2,1H3,(H,10,12). The fourth-order valence-corrected chi connectivity index (χ4v) is 1.91. The number of nitrogens with zero attached hydrogens (tertiary/aromatic N) is 1. The van der Waals surface area contributed by atoms with Crippen molar-refractivity contribution in [3.05, 3.63) is 0 Å². The fourth-order valence-electron chi connectivity index (χ4n) is 1.91. The van der Waals surface area contributed by atoms with E-state index in [4.69, 9.17) is 0 Å². The van der Waals surface area contributed by atoms with E-state index in [1.165, 1.54) is 0 Å². The van der Waals surface area contributed by atoms with Crippen molar-refractivity contribution in [2.24, 2.45) is 0 Å². The average molecular weight is 169 g/mol. The van der Waals surface area contributed by atoms with Crippen molar-refractivity contribution in [2.45, 2.75) is 18.5 Å². The Morgan fingerprint density at radius 1 is 1.42 bits per heavy atom. The van der Waals surface area contributed by atoms with Crippen molar-refractivity contribution in [1.82, 2.24) is 15.5 Å². The van der Waals surface area contributed by atoms with E-state index >= 15 is 0 Å². The zero-order chi connectivity index (χ0) is 8.60. The van der Waals surface area contributed by atoms with E-state index in [-0.39, 0.29) is 11.6 Å². The maximum absolute atomic E-state index is 11.0. The third-order valence-electron chi connectivity index (χ3n) is 2.81. The van der Waals surface area contributed by atoms with Crippen molar-refractivity contribution in [2.75, 3.05) is 26.7 Å². The lowest BCUT2D eigenvalue weighted by molar-refractivity contribution is -0.119. The van der Waals surface area contributed by atoms with Gasteiger partial charge in [0, 0.05) is 13.1 Å². The predicted molar refractivity (Wildman–Crippen MR) is 45.6 cm³/mol. The molecule has 2 aliphatic rings. The summed E-state index contributed by atoms with van der Waals surface area (Å²) in [6, 6.07) is 0. The Morgan fingerprint density at radius 3 is 2.58 bits per heavy atom. The number of piperidine rings is 1. The van der Waals surface area contributed by atoms with Crippen LogP contribution >= 0.6 is 0 Å². The number of rotatable bonds is 0. The number of hydrogen-bond donors (Lipinski definition) is 2. The third-order valence-corrected chi connectivity index (χ3v) is 2.81. The number of carbonyl (C=O) groups excluding carboxylic acids is 1. The Kier molecular flexibility index (Phi) is 1.81. The van der Waals surface area contributed by atoms with Gasteiger partial charge in [-0.3, -0.25) is 10.1 Å². The summed E-state index contributed by atoms with van der Waals surface area (Å²) in [5.41, 5.74) is -0.0659. The Hall–Kier alpha value is -0.610. The van der Waals surface area contributed by atoms with Gasteiger partial charge in [-0.1, -0.05) is 0 Å². The monoisotopic (exact) mass is 169 g/mol. The van der Waals surface area contributed by atoms with Gasteiger partial charge in [-0.25, -0.2) is 0 Å². The number of likely N-dealkylation sites (tertiary alicyclic amines) is 1. The van der Waals surface area contributed by atoms with Crippen molar-refractivity contribution in [1.29, 1.82) is 0 Å². The van der Waals surface area contributed by atoms with Crippen molar-refractivity contribution >= 4 is 5.91 Å². The lowest BCUT2D eigenvalue weighted by Crippen LogP contribution is -2.56. The van der Waals surface area contributed by atoms with Crippen LogP contribution in [0.4, 0.5) is 0 Å². The van der Waals surface area contributed by atoms with Gasteiger partial charge >= 0.3 is 0 Å². The van der Waals surface area contributed by atoms with Gasteiger partial charge in [-0.2, -0.15) is 0 Å². The highest BCUT2D eigenvalue weighted by atomic mass is 16.2. The van der Waals surface area contributed by atoms with Gasteiger partial charge in [-0.05, 0) is 19.9 Å². The minimum absolute atomic E-state index is 0.0659. The van der Waals surface area contributed by atoms with Crippen LogP contribution in [0, 0.1) is 0 Å². The molecule has 0 radical (unpaired) electrons. The summed E-state index contributed by atoms with van der Waals surface area (Å²) in [5, 5.41) is 6.27. The summed E-state index contributed by atoms with van der Waals surface area (Å²) in [5.74, 6) is 0.138. The molecule has 0 aliphatic carbocycles. The molecule has 0 aromatic rings. The van der Waals surface area contributed by atoms with Crippen LogP contribution in [0.3, 0.4) is 0 Å². The summed E-state index contributed by atoms with van der Waals surface area (Å²) in [6.45, 7) is 2.62. The highest BCUT2D eigenvalue weighted by molar-refractivity contribution is 5.81. The summed E-state index contributed by atoms with van der Waals surface area (Å²) in [6.07, 6.45) is 2.05. The molecule has 4 nitrogen and oxygen atoms in total. The molecular formula is C8H15N3O. The Bertz CT molecular complexity index is 196. The van der Waals surface area contributed by atoms with Crippen LogP contribution < -0.4 is 10.6 Å². The molecule has 0 aromatic carbocycles. The third kappa shape index (κ3) is 1.32. The second kappa shape index (κ2) is 2.71. The van der Waals surface area contributed by atoms with Crippen molar-refractivity contribution < 1.29 is 4.79 Å². The molecule has 0 unspecified atom stereocenters. The largest absolute Gasteiger partial charge is 0.337 e. The second-order valence-corrected chi connectivity index (χ2v) is 3.79. The van der Waals surface area contributed by atoms with Gasteiger partial charge < -0.3 is 10.2 Å². The maximum Gasteiger partial charge on any atom is 0.235 e. The second-order valence-electron chi connectivity index (χ2n) is 3.79. The minimum Gasteiger partial charge on any atom is -0.337 e. The summed E-state index contributed by atoms with van der Waals surface area (Å²) >= 11 is 0. The first-order valence-corrected chi connectivity index (χ1v) is 4.45. The van der Waals surface area contributed by atoms with Gasteiger partial charge in [0.2, 0.25) is 5.91 Å². The van der Waals surface area contributed by atoms with Crippen LogP contribution in [0.5, 0.6) is 0 Å². The fraction of sp³-hybridized carbons (Fsp3) is 0.875. The van der Waals surface area contributed by atoms with E-state index in [1.54, 1.807) is 0 Å². The molecule has 0 saturated carbocycles. The van der Waals surface area contributed by atoms with Crippen LogP contribution in [0.1, 0.15) is 12.8 Å². The lowest BCUT2D eigenvalue weighted by Gasteiger charge is -2.37. The Balaban J connectivity index is 1.99. The van der Waals surface area contributed by atoms with Gasteiger partial charge in [0.1, 0.15) is 0 Å². The molecule has 0 atom stereocenters. The highest BCUT2D eigenvalue weighted by Gasteiger charge is 2.38. The molecule has 2 N–H and O–H groups in total. The van der Waals surface area contributed by atoms with Crippen LogP contribution in [-0.2, 0) is 4.79 Å². The first kappa shape index (κ1) is 8.01. The van der Waals surface area contributed by atoms with Gasteiger partial charge in [0.15, 0.2) is 0 Å². The summed E-state index contributed by atoms with van der Waals surface area (Å²) < 4.78 is 0. The molecule has 2 aliphatic heterocycles. The number of amides is 1. The zero-order valence-electron chi connectivity index (χ0n) is 7.39. The molecule has 4 heteroatoms. The number of hydrogen-bond acceptors (Lipinski definition) is 3. The molecular weight excluding hydrogens is 154 g/mol. The smallest absolute Gasteiger partial charge is 0.235 e. The number of carbonyl (C=O) groups is 1. The average Bonchev–Trinajstić information content (AvgIpc) is 2.40. The minimum atomic E-state index is -0.0659. The predicted octanol–water partition coefficient (Wildman–Crippen LogP) is -0.872. The Morgan fingerprint density at radius 2 is 2.08 bits per heavy atom. The number of nitrogens with one attached hydrogen (secondary N) is 2. The molecule has 2 saturated heterocycles. The van der Waals surface area contributed by atoms with E-state index in [2.05, 4.69) is 22.6 Å². The van der Waals surface area contributed by atoms with Gasteiger partial charge in [-0.15, -0.1) is 0 Å². The Labute approximate surface area is 72.3 Å². The molecule has 2 fully saturated rings.